The monoisotopic (exact) mass is 411 g/mol. The van der Waals surface area contributed by atoms with Gasteiger partial charge in [0.1, 0.15) is 5.75 Å². The maximum Gasteiger partial charge on any atom is 0.422 e. The van der Waals surface area contributed by atoms with Crippen molar-refractivity contribution in [1.82, 2.24) is 4.98 Å². The Hall–Kier alpha value is -3.21. The van der Waals surface area contributed by atoms with Crippen molar-refractivity contribution in [3.63, 3.8) is 0 Å². The van der Waals surface area contributed by atoms with Gasteiger partial charge >= 0.3 is 6.18 Å². The molecule has 1 amide bonds. The number of thiazole rings is 1. The van der Waals surface area contributed by atoms with Gasteiger partial charge in [0.2, 0.25) is 0 Å². The largest absolute Gasteiger partial charge is 0.484 e. The first kappa shape index (κ1) is 19.5. The molecule has 1 heterocycles. The molecule has 0 spiro atoms. The smallest absolute Gasteiger partial charge is 0.422 e. The number of carbonyl (C=O) groups is 1. The van der Waals surface area contributed by atoms with E-state index in [1.807, 2.05) is 0 Å². The minimum Gasteiger partial charge on any atom is -0.484 e. The zero-order valence-electron chi connectivity index (χ0n) is 14.2. The Kier molecular flexibility index (Phi) is 5.18. The predicted octanol–water partition coefficient (Wildman–Crippen LogP) is 4.71. The van der Waals surface area contributed by atoms with E-state index in [4.69, 9.17) is 4.74 Å². The molecule has 0 atom stereocenters. The highest BCUT2D eigenvalue weighted by atomic mass is 32.1. The Morgan fingerprint density at radius 2 is 2.04 bits per heavy atom. The number of hydrogen-bond acceptors (Lipinski definition) is 6. The van der Waals surface area contributed by atoms with Crippen molar-refractivity contribution in [2.24, 2.45) is 0 Å². The van der Waals surface area contributed by atoms with E-state index in [2.05, 4.69) is 10.3 Å². The third kappa shape index (κ3) is 4.55. The first-order valence-corrected chi connectivity index (χ1v) is 8.60. The van der Waals surface area contributed by atoms with Crippen LogP contribution in [0.4, 0.5) is 24.0 Å². The topological polar surface area (TPSA) is 94.4 Å². The Morgan fingerprint density at radius 1 is 1.29 bits per heavy atom. The summed E-state index contributed by atoms with van der Waals surface area (Å²) in [6.07, 6.45) is -4.44. The van der Waals surface area contributed by atoms with Gasteiger partial charge in [0, 0.05) is 17.7 Å². The normalized spacial score (nSPS) is 11.4. The number of hydrogen-bond donors (Lipinski definition) is 1. The molecular weight excluding hydrogens is 399 g/mol. The molecule has 0 bridgehead atoms. The number of nitro benzene ring substituents is 1. The highest BCUT2D eigenvalue weighted by molar-refractivity contribution is 7.22. The molecule has 7 nitrogen and oxygen atoms in total. The minimum absolute atomic E-state index is 0.0394. The van der Waals surface area contributed by atoms with E-state index >= 15 is 0 Å². The molecule has 28 heavy (non-hydrogen) atoms. The van der Waals surface area contributed by atoms with Crippen LogP contribution in [-0.4, -0.2) is 28.6 Å². The molecule has 1 aromatic heterocycles. The average Bonchev–Trinajstić information content (AvgIpc) is 3.00. The van der Waals surface area contributed by atoms with E-state index in [1.54, 1.807) is 6.92 Å². The number of aromatic nitrogens is 1. The number of fused-ring (bicyclic) bond motifs is 1. The Balaban J connectivity index is 1.77. The zero-order chi connectivity index (χ0) is 20.5. The van der Waals surface area contributed by atoms with E-state index in [1.165, 1.54) is 36.4 Å². The number of amides is 1. The summed E-state index contributed by atoms with van der Waals surface area (Å²) in [6.45, 7) is 0.171. The van der Waals surface area contributed by atoms with Gasteiger partial charge in [-0.3, -0.25) is 20.2 Å². The van der Waals surface area contributed by atoms with Crippen LogP contribution in [-0.2, 0) is 0 Å². The van der Waals surface area contributed by atoms with Crippen LogP contribution in [0.25, 0.3) is 10.2 Å². The molecular formula is C17H12F3N3O4S. The Bertz CT molecular complexity index is 1070. The number of aryl methyl sites for hydroxylation is 1. The first-order valence-electron chi connectivity index (χ1n) is 7.79. The van der Waals surface area contributed by atoms with Crippen molar-refractivity contribution in [2.45, 2.75) is 13.1 Å². The number of rotatable bonds is 5. The van der Waals surface area contributed by atoms with Crippen molar-refractivity contribution in [3.8, 4) is 5.75 Å². The van der Waals surface area contributed by atoms with E-state index in [0.717, 1.165) is 11.3 Å². The fourth-order valence-corrected chi connectivity index (χ4v) is 3.28. The molecule has 2 aromatic carbocycles. The summed E-state index contributed by atoms with van der Waals surface area (Å²) in [5.41, 5.74) is 1.04. The number of nitrogens with zero attached hydrogens (tertiary/aromatic N) is 2. The van der Waals surface area contributed by atoms with Gasteiger partial charge in [0.15, 0.2) is 11.7 Å². The molecule has 0 aliphatic carbocycles. The van der Waals surface area contributed by atoms with Gasteiger partial charge in [-0.25, -0.2) is 4.98 Å². The van der Waals surface area contributed by atoms with Gasteiger partial charge in [-0.15, -0.1) is 0 Å². The van der Waals surface area contributed by atoms with Gasteiger partial charge < -0.3 is 4.74 Å². The third-order valence-electron chi connectivity index (χ3n) is 3.65. The standard InChI is InChI=1S/C17H12F3N3O4S/c1-9-6-10(23(25)26)2-4-12(9)15(24)22-16-21-13-5-3-11(7-14(13)28-16)27-8-17(18,19)20/h2-7H,8H2,1H3,(H,21,22,24). The molecule has 0 saturated carbocycles. The average molecular weight is 411 g/mol. The number of carbonyl (C=O) groups excluding carboxylic acids is 1. The maximum absolute atomic E-state index is 12.4. The fraction of sp³-hybridized carbons (Fsp3) is 0.176. The second kappa shape index (κ2) is 7.43. The van der Waals surface area contributed by atoms with Gasteiger partial charge in [-0.05, 0) is 36.8 Å². The molecule has 11 heteroatoms. The van der Waals surface area contributed by atoms with E-state index in [9.17, 15) is 28.1 Å². The van der Waals surface area contributed by atoms with Crippen LogP contribution in [0.15, 0.2) is 36.4 Å². The van der Waals surface area contributed by atoms with Gasteiger partial charge in [-0.2, -0.15) is 13.2 Å². The number of ether oxygens (including phenoxy) is 1. The van der Waals surface area contributed by atoms with Crippen LogP contribution < -0.4 is 10.1 Å². The lowest BCUT2D eigenvalue weighted by atomic mass is 10.1. The van der Waals surface area contributed by atoms with Gasteiger partial charge in [0.05, 0.1) is 15.1 Å². The van der Waals surface area contributed by atoms with Crippen molar-refractivity contribution < 1.29 is 27.6 Å². The van der Waals surface area contributed by atoms with Crippen LogP contribution in [0.3, 0.4) is 0 Å². The summed E-state index contributed by atoms with van der Waals surface area (Å²) >= 11 is 1.07. The predicted molar refractivity (Wildman–Crippen MR) is 97.0 cm³/mol. The second-order valence-corrected chi connectivity index (χ2v) is 6.79. The summed E-state index contributed by atoms with van der Waals surface area (Å²) in [4.78, 5) is 26.8. The number of halogens is 3. The van der Waals surface area contributed by atoms with E-state index in [-0.39, 0.29) is 22.1 Å². The number of nitro groups is 1. The van der Waals surface area contributed by atoms with Crippen LogP contribution in [0.5, 0.6) is 5.75 Å². The lowest BCUT2D eigenvalue weighted by Gasteiger charge is -2.08. The molecule has 0 radical (unpaired) electrons. The van der Waals surface area contributed by atoms with Gasteiger partial charge in [0.25, 0.3) is 11.6 Å². The second-order valence-electron chi connectivity index (χ2n) is 5.76. The van der Waals surface area contributed by atoms with Crippen molar-refractivity contribution in [3.05, 3.63) is 57.6 Å². The summed E-state index contributed by atoms with van der Waals surface area (Å²) in [7, 11) is 0. The first-order chi connectivity index (χ1) is 13.1. The Morgan fingerprint density at radius 3 is 2.68 bits per heavy atom. The quantitative estimate of drug-likeness (QED) is 0.485. The number of non-ortho nitro benzene ring substituents is 1. The molecule has 0 fully saturated rings. The van der Waals surface area contributed by atoms with Crippen LogP contribution in [0.2, 0.25) is 0 Å². The fourth-order valence-electron chi connectivity index (χ4n) is 2.39. The lowest BCUT2D eigenvalue weighted by Crippen LogP contribution is -2.19. The number of alkyl halides is 3. The van der Waals surface area contributed by atoms with E-state index in [0.29, 0.717) is 15.8 Å². The van der Waals surface area contributed by atoms with Gasteiger partial charge in [-0.1, -0.05) is 11.3 Å². The minimum atomic E-state index is -4.44. The highest BCUT2D eigenvalue weighted by Gasteiger charge is 2.28. The summed E-state index contributed by atoms with van der Waals surface area (Å²) in [5.74, 6) is -0.461. The highest BCUT2D eigenvalue weighted by Crippen LogP contribution is 2.30. The van der Waals surface area contributed by atoms with Crippen molar-refractivity contribution in [2.75, 3.05) is 11.9 Å². The SMILES string of the molecule is Cc1cc([N+](=O)[O-])ccc1C(=O)Nc1nc2ccc(OCC(F)(F)F)cc2s1. The summed E-state index contributed by atoms with van der Waals surface area (Å²) < 4.78 is 42.0. The third-order valence-corrected chi connectivity index (χ3v) is 4.58. The molecule has 0 aliphatic rings. The number of benzene rings is 2. The molecule has 0 unspecified atom stereocenters. The molecule has 0 aliphatic heterocycles. The van der Waals surface area contributed by atoms with Crippen molar-refractivity contribution >= 4 is 38.3 Å². The molecule has 146 valence electrons. The lowest BCUT2D eigenvalue weighted by molar-refractivity contribution is -0.384. The zero-order valence-corrected chi connectivity index (χ0v) is 15.1. The Labute approximate surface area is 159 Å². The van der Waals surface area contributed by atoms with Crippen molar-refractivity contribution in [1.29, 1.82) is 0 Å². The molecule has 3 aromatic rings. The summed E-state index contributed by atoms with van der Waals surface area (Å²) in [5, 5.41) is 13.6. The molecule has 3 rings (SSSR count). The number of anilines is 1. The van der Waals surface area contributed by atoms with E-state index < -0.39 is 23.6 Å². The van der Waals surface area contributed by atoms with Crippen LogP contribution >= 0.6 is 11.3 Å². The number of nitrogens with one attached hydrogen (secondary N) is 1. The summed E-state index contributed by atoms with van der Waals surface area (Å²) in [6, 6.07) is 8.12. The maximum atomic E-state index is 12.4. The molecule has 0 saturated heterocycles. The van der Waals surface area contributed by atoms with Crippen LogP contribution in [0.1, 0.15) is 15.9 Å². The van der Waals surface area contributed by atoms with Crippen LogP contribution in [0, 0.1) is 17.0 Å². The molecule has 1 N–H and O–H groups in total.